The van der Waals surface area contributed by atoms with Crippen LogP contribution in [-0.2, 0) is 14.3 Å². The number of carbonyl (C=O) groups is 2. The van der Waals surface area contributed by atoms with E-state index in [4.69, 9.17) is 25.8 Å². The van der Waals surface area contributed by atoms with E-state index in [1.807, 2.05) is 0 Å². The Kier molecular flexibility index (Phi) is 6.61. The average molecular weight is 394 g/mol. The first-order chi connectivity index (χ1) is 13.0. The lowest BCUT2D eigenvalue weighted by Gasteiger charge is -2.16. The first-order valence-electron chi connectivity index (χ1n) is 9.31. The van der Waals surface area contributed by atoms with Gasteiger partial charge >= 0.3 is 5.97 Å². The molecule has 27 heavy (non-hydrogen) atoms. The van der Waals surface area contributed by atoms with Crippen LogP contribution in [0.25, 0.3) is 6.08 Å². The van der Waals surface area contributed by atoms with Crippen LogP contribution in [0.15, 0.2) is 18.2 Å². The van der Waals surface area contributed by atoms with Crippen LogP contribution in [0.4, 0.5) is 0 Å². The molecular formula is C20H24ClNO5. The summed E-state index contributed by atoms with van der Waals surface area (Å²) in [5.41, 5.74) is 0.685. The molecule has 0 unspecified atom stereocenters. The van der Waals surface area contributed by atoms with Crippen molar-refractivity contribution in [2.45, 2.75) is 51.2 Å². The normalized spacial score (nSPS) is 18.1. The summed E-state index contributed by atoms with van der Waals surface area (Å²) < 4.78 is 16.4. The Morgan fingerprint density at radius 2 is 1.96 bits per heavy atom. The maximum absolute atomic E-state index is 12.1. The van der Waals surface area contributed by atoms with E-state index in [0.717, 1.165) is 32.1 Å². The minimum atomic E-state index is -0.838. The molecule has 0 aromatic heterocycles. The van der Waals surface area contributed by atoms with Gasteiger partial charge in [-0.2, -0.15) is 0 Å². The fourth-order valence-electron chi connectivity index (χ4n) is 3.17. The van der Waals surface area contributed by atoms with Crippen LogP contribution in [0.2, 0.25) is 5.02 Å². The number of hydrogen-bond acceptors (Lipinski definition) is 5. The first kappa shape index (κ1) is 19.5. The molecule has 1 aliphatic heterocycles. The minimum Gasteiger partial charge on any atom is -0.489 e. The third kappa shape index (κ3) is 5.39. The fourth-order valence-corrected chi connectivity index (χ4v) is 3.44. The predicted molar refractivity (Wildman–Crippen MR) is 102 cm³/mol. The monoisotopic (exact) mass is 393 g/mol. The number of carbonyl (C=O) groups excluding carboxylic acids is 2. The van der Waals surface area contributed by atoms with E-state index in [-0.39, 0.29) is 11.9 Å². The van der Waals surface area contributed by atoms with Crippen molar-refractivity contribution in [2.24, 2.45) is 0 Å². The summed E-state index contributed by atoms with van der Waals surface area (Å²) in [6, 6.07) is 3.64. The summed E-state index contributed by atoms with van der Waals surface area (Å²) in [5, 5.41) is 3.34. The lowest BCUT2D eigenvalue weighted by atomic mass is 10.2. The number of fused-ring (bicyclic) bond motifs is 1. The van der Waals surface area contributed by atoms with E-state index >= 15 is 0 Å². The van der Waals surface area contributed by atoms with E-state index < -0.39 is 12.1 Å². The molecule has 1 saturated carbocycles. The van der Waals surface area contributed by atoms with E-state index in [9.17, 15) is 9.59 Å². The molecule has 0 spiro atoms. The molecule has 1 N–H and O–H groups in total. The molecule has 146 valence electrons. The Bertz CT molecular complexity index is 727. The zero-order valence-corrected chi connectivity index (χ0v) is 16.1. The van der Waals surface area contributed by atoms with Crippen LogP contribution in [-0.4, -0.2) is 37.2 Å². The molecular weight excluding hydrogens is 370 g/mol. The molecule has 6 nitrogen and oxygen atoms in total. The zero-order chi connectivity index (χ0) is 19.2. The van der Waals surface area contributed by atoms with Crippen LogP contribution < -0.4 is 14.8 Å². The second kappa shape index (κ2) is 9.13. The molecule has 0 radical (unpaired) electrons. The van der Waals surface area contributed by atoms with Gasteiger partial charge in [-0.3, -0.25) is 4.79 Å². The van der Waals surface area contributed by atoms with Gasteiger partial charge in [0, 0.05) is 18.5 Å². The maximum atomic E-state index is 12.1. The summed E-state index contributed by atoms with van der Waals surface area (Å²) in [5.74, 6) is 0.220. The minimum absolute atomic E-state index is 0.193. The van der Waals surface area contributed by atoms with E-state index in [2.05, 4.69) is 5.32 Å². The van der Waals surface area contributed by atoms with Crippen LogP contribution in [0.3, 0.4) is 0 Å². The largest absolute Gasteiger partial charge is 0.489 e. The zero-order valence-electron chi connectivity index (χ0n) is 15.3. The predicted octanol–water partition coefficient (Wildman–Crippen LogP) is 3.51. The highest BCUT2D eigenvalue weighted by Gasteiger charge is 2.22. The van der Waals surface area contributed by atoms with Crippen LogP contribution in [0, 0.1) is 0 Å². The molecule has 1 heterocycles. The Morgan fingerprint density at radius 1 is 1.22 bits per heavy atom. The molecule has 1 atom stereocenters. The Morgan fingerprint density at radius 3 is 2.74 bits per heavy atom. The van der Waals surface area contributed by atoms with Gasteiger partial charge in [0.2, 0.25) is 0 Å². The molecule has 1 amide bonds. The van der Waals surface area contributed by atoms with Crippen molar-refractivity contribution in [3.63, 3.8) is 0 Å². The van der Waals surface area contributed by atoms with Crippen molar-refractivity contribution in [1.82, 2.24) is 5.32 Å². The first-order valence-corrected chi connectivity index (χ1v) is 9.69. The number of rotatable bonds is 5. The van der Waals surface area contributed by atoms with Gasteiger partial charge in [-0.05, 0) is 43.5 Å². The number of ether oxygens (including phenoxy) is 3. The van der Waals surface area contributed by atoms with Crippen LogP contribution >= 0.6 is 11.6 Å². The molecule has 1 fully saturated rings. The van der Waals surface area contributed by atoms with E-state index in [1.165, 1.54) is 6.08 Å². The van der Waals surface area contributed by atoms with Crippen molar-refractivity contribution < 1.29 is 23.8 Å². The number of nitrogens with one attached hydrogen (secondary N) is 1. The van der Waals surface area contributed by atoms with Gasteiger partial charge < -0.3 is 19.5 Å². The van der Waals surface area contributed by atoms with Crippen molar-refractivity contribution in [3.8, 4) is 11.5 Å². The maximum Gasteiger partial charge on any atom is 0.331 e. The SMILES string of the molecule is C[C@H](OC(=O)/C=C/c1cc(Cl)c2c(c1)OCCCO2)C(=O)NC1CCCC1. The van der Waals surface area contributed by atoms with Crippen molar-refractivity contribution in [1.29, 1.82) is 0 Å². The number of benzene rings is 1. The van der Waals surface area contributed by atoms with E-state index in [1.54, 1.807) is 25.1 Å². The highest BCUT2D eigenvalue weighted by molar-refractivity contribution is 6.32. The third-order valence-electron chi connectivity index (χ3n) is 4.60. The summed E-state index contributed by atoms with van der Waals surface area (Å²) in [4.78, 5) is 24.1. The molecule has 2 aliphatic rings. The van der Waals surface area contributed by atoms with Crippen LogP contribution in [0.1, 0.15) is 44.6 Å². The molecule has 7 heteroatoms. The average Bonchev–Trinajstić information content (AvgIpc) is 3.02. The quantitative estimate of drug-likeness (QED) is 0.612. The molecule has 1 aromatic carbocycles. The number of esters is 1. The molecule has 0 saturated heterocycles. The standard InChI is InChI=1S/C20H24ClNO5/c1-13(20(24)22-15-5-2-3-6-15)27-18(23)8-7-14-11-16(21)19-17(12-14)25-9-4-10-26-19/h7-8,11-13,15H,2-6,9-10H2,1H3,(H,22,24)/b8-7+/t13-/m0/s1. The van der Waals surface area contributed by atoms with Gasteiger partial charge in [0.05, 0.1) is 18.2 Å². The topological polar surface area (TPSA) is 73.9 Å². The summed E-state index contributed by atoms with van der Waals surface area (Å²) in [7, 11) is 0. The second-order valence-corrected chi connectivity index (χ2v) is 7.19. The smallest absolute Gasteiger partial charge is 0.331 e. The Hall–Kier alpha value is -2.21. The van der Waals surface area contributed by atoms with Gasteiger partial charge in [-0.1, -0.05) is 24.4 Å². The Balaban J connectivity index is 1.57. The van der Waals surface area contributed by atoms with E-state index in [0.29, 0.717) is 35.3 Å². The van der Waals surface area contributed by atoms with Gasteiger partial charge in [0.1, 0.15) is 0 Å². The molecule has 1 aliphatic carbocycles. The van der Waals surface area contributed by atoms with Gasteiger partial charge in [-0.15, -0.1) is 0 Å². The van der Waals surface area contributed by atoms with Crippen LogP contribution in [0.5, 0.6) is 11.5 Å². The van der Waals surface area contributed by atoms with Gasteiger partial charge in [0.25, 0.3) is 5.91 Å². The van der Waals surface area contributed by atoms with Crippen molar-refractivity contribution in [3.05, 3.63) is 28.8 Å². The molecule has 3 rings (SSSR count). The lowest BCUT2D eigenvalue weighted by Crippen LogP contribution is -2.40. The number of amides is 1. The summed E-state index contributed by atoms with van der Waals surface area (Å²) in [6.45, 7) is 2.67. The molecule has 1 aromatic rings. The number of hydrogen-bond donors (Lipinski definition) is 1. The third-order valence-corrected chi connectivity index (χ3v) is 4.88. The van der Waals surface area contributed by atoms with Crippen molar-refractivity contribution in [2.75, 3.05) is 13.2 Å². The van der Waals surface area contributed by atoms with Gasteiger partial charge in [0.15, 0.2) is 17.6 Å². The van der Waals surface area contributed by atoms with Gasteiger partial charge in [-0.25, -0.2) is 4.79 Å². The fraction of sp³-hybridized carbons (Fsp3) is 0.500. The number of halogens is 1. The summed E-state index contributed by atoms with van der Waals surface area (Å²) >= 11 is 6.23. The lowest BCUT2D eigenvalue weighted by molar-refractivity contribution is -0.150. The van der Waals surface area contributed by atoms with Crippen molar-refractivity contribution >= 4 is 29.6 Å². The molecule has 0 bridgehead atoms. The highest BCUT2D eigenvalue weighted by atomic mass is 35.5. The summed E-state index contributed by atoms with van der Waals surface area (Å²) in [6.07, 6.45) is 7.01. The highest BCUT2D eigenvalue weighted by Crippen LogP contribution is 2.38. The Labute approximate surface area is 163 Å². The second-order valence-electron chi connectivity index (χ2n) is 6.78.